The van der Waals surface area contributed by atoms with E-state index in [4.69, 9.17) is 0 Å². The average Bonchev–Trinajstić information content (AvgIpc) is 3.58. The maximum Gasteiger partial charge on any atom is 0.305 e. The van der Waals surface area contributed by atoms with Crippen LogP contribution in [0.15, 0.2) is 30.3 Å². The normalized spacial score (nSPS) is 21.9. The zero-order chi connectivity index (χ0) is 26.7. The fraction of sp³-hybridized carbons (Fsp3) is 0.577. The van der Waals surface area contributed by atoms with E-state index < -0.39 is 36.7 Å². The number of carboxylic acid groups (broad SMARTS) is 1. The average molecular weight is 525 g/mol. The number of carbonyl (C=O) groups excluding carboxylic acids is 1. The summed E-state index contributed by atoms with van der Waals surface area (Å²) < 4.78 is 57.9. The van der Waals surface area contributed by atoms with Crippen molar-refractivity contribution in [3.05, 3.63) is 35.9 Å². The Bertz CT molecular complexity index is 1090. The molecule has 1 saturated heterocycles. The Morgan fingerprint density at radius 1 is 1.22 bits per heavy atom. The molecule has 1 saturated carbocycles. The molecule has 2 fully saturated rings. The lowest BCUT2D eigenvalue weighted by Gasteiger charge is -2.27. The predicted molar refractivity (Wildman–Crippen MR) is 130 cm³/mol. The second-order valence-electron chi connectivity index (χ2n) is 10.0. The van der Waals surface area contributed by atoms with Gasteiger partial charge in [0.05, 0.1) is 18.2 Å². The Labute approximate surface area is 213 Å². The Balaban J connectivity index is 1.69. The number of halogens is 4. The van der Waals surface area contributed by atoms with Gasteiger partial charge in [0.1, 0.15) is 12.3 Å². The summed E-state index contributed by atoms with van der Waals surface area (Å²) in [6.45, 7) is 0.838. The molecule has 202 valence electrons. The van der Waals surface area contributed by atoms with Crippen LogP contribution < -0.4 is 4.90 Å². The van der Waals surface area contributed by atoms with Crippen molar-refractivity contribution in [1.82, 2.24) is 14.7 Å². The van der Waals surface area contributed by atoms with Gasteiger partial charge < -0.3 is 5.11 Å². The highest BCUT2D eigenvalue weighted by atomic mass is 19.3. The number of carbonyl (C=O) groups is 2. The lowest BCUT2D eigenvalue weighted by molar-refractivity contribution is -0.137. The molecule has 1 amide bonds. The Morgan fingerprint density at radius 3 is 2.46 bits per heavy atom. The highest BCUT2D eigenvalue weighted by molar-refractivity contribution is 5.79. The SMILES string of the molecule is CC(F)(F)c1ccccc1-c1cc(N(C=O)[C@@H](CCN2C[C@@H](F)[C@@H](F)C2)CC(=O)O)nn1C1CCCC1. The first kappa shape index (κ1) is 27.1. The summed E-state index contributed by atoms with van der Waals surface area (Å²) in [6, 6.07) is 6.82. The van der Waals surface area contributed by atoms with Crippen LogP contribution in [0.5, 0.6) is 0 Å². The van der Waals surface area contributed by atoms with Gasteiger partial charge in [-0.2, -0.15) is 5.10 Å². The number of hydrogen-bond donors (Lipinski definition) is 1. The van der Waals surface area contributed by atoms with Gasteiger partial charge >= 0.3 is 5.97 Å². The highest BCUT2D eigenvalue weighted by Gasteiger charge is 2.35. The molecule has 0 radical (unpaired) electrons. The Hall–Kier alpha value is -2.95. The molecule has 4 rings (SSSR count). The third kappa shape index (κ3) is 6.14. The van der Waals surface area contributed by atoms with Crippen LogP contribution in [-0.2, 0) is 15.5 Å². The maximum atomic E-state index is 14.5. The van der Waals surface area contributed by atoms with Gasteiger partial charge in [-0.3, -0.25) is 24.1 Å². The van der Waals surface area contributed by atoms with Crippen LogP contribution in [0.3, 0.4) is 0 Å². The first-order chi connectivity index (χ1) is 17.6. The monoisotopic (exact) mass is 524 g/mol. The molecule has 2 aliphatic rings. The van der Waals surface area contributed by atoms with E-state index in [-0.39, 0.29) is 43.5 Å². The number of amides is 1. The van der Waals surface area contributed by atoms with Crippen LogP contribution in [0.4, 0.5) is 23.4 Å². The van der Waals surface area contributed by atoms with E-state index in [1.54, 1.807) is 27.8 Å². The molecule has 2 aromatic rings. The molecule has 37 heavy (non-hydrogen) atoms. The Morgan fingerprint density at radius 2 is 1.86 bits per heavy atom. The summed E-state index contributed by atoms with van der Waals surface area (Å²) in [6.07, 6.45) is 0.585. The minimum absolute atomic E-state index is 0.0405. The number of nitrogens with zero attached hydrogens (tertiary/aromatic N) is 4. The van der Waals surface area contributed by atoms with Gasteiger partial charge in [0.25, 0.3) is 5.92 Å². The van der Waals surface area contributed by atoms with E-state index in [0.29, 0.717) is 17.7 Å². The molecule has 7 nitrogen and oxygen atoms in total. The number of benzene rings is 1. The summed E-state index contributed by atoms with van der Waals surface area (Å²) in [7, 11) is 0. The van der Waals surface area contributed by atoms with Crippen molar-refractivity contribution in [2.75, 3.05) is 24.5 Å². The lowest BCUT2D eigenvalue weighted by atomic mass is 9.99. The number of alkyl halides is 4. The van der Waals surface area contributed by atoms with E-state index in [1.807, 2.05) is 0 Å². The van der Waals surface area contributed by atoms with Gasteiger partial charge in [0.2, 0.25) is 6.41 Å². The van der Waals surface area contributed by atoms with Crippen LogP contribution in [0.1, 0.15) is 57.1 Å². The van der Waals surface area contributed by atoms with E-state index in [1.165, 1.54) is 17.0 Å². The maximum absolute atomic E-state index is 14.5. The van der Waals surface area contributed by atoms with Crippen LogP contribution in [-0.4, -0.2) is 70.2 Å². The highest BCUT2D eigenvalue weighted by Crippen LogP contribution is 2.40. The van der Waals surface area contributed by atoms with Gasteiger partial charge in [-0.25, -0.2) is 17.6 Å². The molecular formula is C26H32F4N4O3. The number of likely N-dealkylation sites (tertiary alicyclic amines) is 1. The minimum Gasteiger partial charge on any atom is -0.481 e. The molecule has 0 bridgehead atoms. The zero-order valence-corrected chi connectivity index (χ0v) is 20.7. The molecule has 3 atom stereocenters. The van der Waals surface area contributed by atoms with Crippen molar-refractivity contribution < 1.29 is 32.3 Å². The van der Waals surface area contributed by atoms with Crippen LogP contribution in [0.2, 0.25) is 0 Å². The number of aliphatic carboxylic acids is 1. The van der Waals surface area contributed by atoms with Crippen molar-refractivity contribution >= 4 is 18.2 Å². The fourth-order valence-corrected chi connectivity index (χ4v) is 5.40. The molecule has 1 aliphatic carbocycles. The first-order valence-corrected chi connectivity index (χ1v) is 12.6. The molecular weight excluding hydrogens is 492 g/mol. The van der Waals surface area contributed by atoms with Crippen LogP contribution >= 0.6 is 0 Å². The van der Waals surface area contributed by atoms with Gasteiger partial charge in [-0.05, 0) is 19.3 Å². The standard InChI is InChI=1S/C26H32F4N4O3/c1-26(29,30)20-9-5-4-8-19(20)23-13-24(31-34(23)17-6-2-3-7-17)33(16-35)18(12-25(36)37)10-11-32-14-21(27)22(28)15-32/h4-5,8-9,13,16-18,21-22H,2-3,6-7,10-12,14-15H2,1H3,(H,36,37)/t18-,21-,22+/m0/s1. The van der Waals surface area contributed by atoms with E-state index in [2.05, 4.69) is 5.10 Å². The molecule has 0 unspecified atom stereocenters. The Kier molecular flexibility index (Phi) is 8.20. The topological polar surface area (TPSA) is 78.7 Å². The molecule has 1 aliphatic heterocycles. The second kappa shape index (κ2) is 11.2. The third-order valence-corrected chi connectivity index (χ3v) is 7.29. The molecule has 1 aromatic carbocycles. The number of anilines is 1. The van der Waals surface area contributed by atoms with Crippen molar-refractivity contribution in [2.24, 2.45) is 0 Å². The van der Waals surface area contributed by atoms with Gasteiger partial charge in [0, 0.05) is 49.8 Å². The van der Waals surface area contributed by atoms with E-state index in [9.17, 15) is 32.3 Å². The quantitative estimate of drug-likeness (QED) is 0.332. The number of carboxylic acids is 1. The van der Waals surface area contributed by atoms with E-state index >= 15 is 0 Å². The summed E-state index contributed by atoms with van der Waals surface area (Å²) in [5.74, 6) is -4.10. The predicted octanol–water partition coefficient (Wildman–Crippen LogP) is 4.96. The largest absolute Gasteiger partial charge is 0.481 e. The fourth-order valence-electron chi connectivity index (χ4n) is 5.40. The van der Waals surface area contributed by atoms with Crippen molar-refractivity contribution in [2.45, 2.75) is 75.8 Å². The van der Waals surface area contributed by atoms with Gasteiger partial charge in [-0.15, -0.1) is 0 Å². The summed E-state index contributed by atoms with van der Waals surface area (Å²) in [5, 5.41) is 14.1. The first-order valence-electron chi connectivity index (χ1n) is 12.6. The number of aromatic nitrogens is 2. The molecule has 0 spiro atoms. The number of rotatable bonds is 11. The minimum atomic E-state index is -3.12. The van der Waals surface area contributed by atoms with Gasteiger partial charge in [-0.1, -0.05) is 37.1 Å². The van der Waals surface area contributed by atoms with Crippen LogP contribution in [0, 0.1) is 0 Å². The van der Waals surface area contributed by atoms with Crippen molar-refractivity contribution in [3.8, 4) is 11.3 Å². The molecule has 1 aromatic heterocycles. The zero-order valence-electron chi connectivity index (χ0n) is 20.7. The van der Waals surface area contributed by atoms with Crippen LogP contribution in [0.25, 0.3) is 11.3 Å². The van der Waals surface area contributed by atoms with Crippen molar-refractivity contribution in [3.63, 3.8) is 0 Å². The lowest BCUT2D eigenvalue weighted by Crippen LogP contribution is -2.39. The number of hydrogen-bond acceptors (Lipinski definition) is 4. The molecule has 11 heteroatoms. The smallest absolute Gasteiger partial charge is 0.305 e. The van der Waals surface area contributed by atoms with Gasteiger partial charge in [0.15, 0.2) is 5.82 Å². The summed E-state index contributed by atoms with van der Waals surface area (Å²) in [5.41, 5.74) is 0.553. The molecule has 1 N–H and O–H groups in total. The molecule has 2 heterocycles. The van der Waals surface area contributed by atoms with E-state index in [0.717, 1.165) is 32.6 Å². The summed E-state index contributed by atoms with van der Waals surface area (Å²) in [4.78, 5) is 26.7. The third-order valence-electron chi connectivity index (χ3n) is 7.29. The second-order valence-corrected chi connectivity index (χ2v) is 10.0. The van der Waals surface area contributed by atoms with Crippen molar-refractivity contribution in [1.29, 1.82) is 0 Å². The summed E-state index contributed by atoms with van der Waals surface area (Å²) >= 11 is 0.